The highest BCUT2D eigenvalue weighted by Crippen LogP contribution is 2.32. The minimum absolute atomic E-state index is 0.0619. The fourth-order valence-corrected chi connectivity index (χ4v) is 3.12. The van der Waals surface area contributed by atoms with Crippen LogP contribution in [-0.4, -0.2) is 61.1 Å². The lowest BCUT2D eigenvalue weighted by molar-refractivity contribution is -0.128. The Morgan fingerprint density at radius 2 is 1.72 bits per heavy atom. The van der Waals surface area contributed by atoms with E-state index in [-0.39, 0.29) is 18.0 Å². The molecule has 0 aliphatic carbocycles. The molecule has 0 spiro atoms. The number of hydrogen-bond acceptors (Lipinski definition) is 4. The third-order valence-corrected chi connectivity index (χ3v) is 4.63. The van der Waals surface area contributed by atoms with Crippen LogP contribution in [0.1, 0.15) is 31.9 Å². The first kappa shape index (κ1) is 17.4. The van der Waals surface area contributed by atoms with Crippen molar-refractivity contribution in [1.82, 2.24) is 15.1 Å². The van der Waals surface area contributed by atoms with Crippen LogP contribution in [0.4, 0.5) is 4.79 Å². The molecule has 7 nitrogen and oxygen atoms in total. The number of nitrogens with zero attached hydrogens (tertiary/aromatic N) is 2. The van der Waals surface area contributed by atoms with Crippen molar-refractivity contribution in [1.29, 1.82) is 0 Å². The third kappa shape index (κ3) is 4.15. The lowest BCUT2D eigenvalue weighted by Gasteiger charge is -2.25. The van der Waals surface area contributed by atoms with Crippen molar-refractivity contribution in [3.63, 3.8) is 0 Å². The van der Waals surface area contributed by atoms with Gasteiger partial charge in [0.25, 0.3) is 0 Å². The zero-order valence-corrected chi connectivity index (χ0v) is 14.8. The smallest absolute Gasteiger partial charge is 0.317 e. The minimum Gasteiger partial charge on any atom is -0.486 e. The number of carbonyl (C=O) groups excluding carboxylic acids is 2. The Balaban J connectivity index is 1.59. The molecule has 1 aromatic rings. The van der Waals surface area contributed by atoms with E-state index in [1.807, 2.05) is 25.1 Å². The first-order valence-corrected chi connectivity index (χ1v) is 8.75. The van der Waals surface area contributed by atoms with Gasteiger partial charge in [-0.1, -0.05) is 6.07 Å². The summed E-state index contributed by atoms with van der Waals surface area (Å²) in [7, 11) is 0. The number of ether oxygens (including phenoxy) is 2. The van der Waals surface area contributed by atoms with Crippen LogP contribution >= 0.6 is 0 Å². The van der Waals surface area contributed by atoms with Crippen molar-refractivity contribution in [2.75, 3.05) is 39.4 Å². The van der Waals surface area contributed by atoms with E-state index in [0.29, 0.717) is 39.4 Å². The Hall–Kier alpha value is -2.44. The van der Waals surface area contributed by atoms with Crippen LogP contribution in [-0.2, 0) is 4.79 Å². The zero-order valence-electron chi connectivity index (χ0n) is 14.8. The molecule has 7 heteroatoms. The van der Waals surface area contributed by atoms with Crippen LogP contribution in [0, 0.1) is 0 Å². The Morgan fingerprint density at radius 1 is 1.04 bits per heavy atom. The fraction of sp³-hybridized carbons (Fsp3) is 0.556. The van der Waals surface area contributed by atoms with Crippen molar-refractivity contribution in [2.45, 2.75) is 26.3 Å². The number of urea groups is 1. The van der Waals surface area contributed by atoms with Crippen molar-refractivity contribution in [2.24, 2.45) is 0 Å². The number of nitrogens with one attached hydrogen (secondary N) is 1. The Morgan fingerprint density at radius 3 is 2.48 bits per heavy atom. The maximum absolute atomic E-state index is 12.6. The predicted octanol–water partition coefficient (Wildman–Crippen LogP) is 1.78. The zero-order chi connectivity index (χ0) is 17.8. The summed E-state index contributed by atoms with van der Waals surface area (Å²) in [5.41, 5.74) is 0.970. The van der Waals surface area contributed by atoms with Gasteiger partial charge in [0.1, 0.15) is 13.2 Å². The molecule has 1 fully saturated rings. The van der Waals surface area contributed by atoms with E-state index in [2.05, 4.69) is 5.32 Å². The molecule has 25 heavy (non-hydrogen) atoms. The van der Waals surface area contributed by atoms with E-state index >= 15 is 0 Å². The molecule has 1 atom stereocenters. The maximum Gasteiger partial charge on any atom is 0.317 e. The third-order valence-electron chi connectivity index (χ3n) is 4.63. The van der Waals surface area contributed by atoms with Crippen LogP contribution in [0.3, 0.4) is 0 Å². The van der Waals surface area contributed by atoms with Gasteiger partial charge in [-0.05, 0) is 31.0 Å². The van der Waals surface area contributed by atoms with E-state index in [1.165, 1.54) is 0 Å². The van der Waals surface area contributed by atoms with Gasteiger partial charge in [0, 0.05) is 33.1 Å². The van der Waals surface area contributed by atoms with E-state index in [0.717, 1.165) is 23.5 Å². The maximum atomic E-state index is 12.6. The van der Waals surface area contributed by atoms with Gasteiger partial charge in [0.15, 0.2) is 11.5 Å². The summed E-state index contributed by atoms with van der Waals surface area (Å²) in [6, 6.07) is 5.49. The Bertz CT molecular complexity index is 649. The molecule has 0 bridgehead atoms. The van der Waals surface area contributed by atoms with Gasteiger partial charge in [0.05, 0.1) is 6.04 Å². The molecule has 2 aliphatic rings. The van der Waals surface area contributed by atoms with Crippen molar-refractivity contribution in [3.05, 3.63) is 23.8 Å². The lowest BCUT2D eigenvalue weighted by atomic mass is 10.1. The second kappa shape index (κ2) is 7.63. The highest BCUT2D eigenvalue weighted by molar-refractivity contribution is 5.75. The first-order chi connectivity index (χ1) is 12.0. The van der Waals surface area contributed by atoms with Gasteiger partial charge in [-0.25, -0.2) is 4.79 Å². The largest absolute Gasteiger partial charge is 0.486 e. The molecule has 0 radical (unpaired) electrons. The summed E-state index contributed by atoms with van der Waals surface area (Å²) in [5, 5.41) is 3.03. The SMILES string of the molecule is CC(=O)N1CCCN(C(=O)N[C@H](C)c2ccc3c(c2)OCCO3)CC1. The van der Waals surface area contributed by atoms with Crippen molar-refractivity contribution in [3.8, 4) is 11.5 Å². The highest BCUT2D eigenvalue weighted by atomic mass is 16.6. The number of amides is 3. The summed E-state index contributed by atoms with van der Waals surface area (Å²) in [5.74, 6) is 1.52. The lowest BCUT2D eigenvalue weighted by Crippen LogP contribution is -2.43. The number of carbonyl (C=O) groups is 2. The van der Waals surface area contributed by atoms with Crippen molar-refractivity contribution >= 4 is 11.9 Å². The standard InChI is InChI=1S/C18H25N3O4/c1-13(15-4-5-16-17(12-15)25-11-10-24-16)19-18(23)21-7-3-6-20(8-9-21)14(2)22/h4-5,12-13H,3,6-11H2,1-2H3,(H,19,23)/t13-/m1/s1. The molecule has 1 N–H and O–H groups in total. The summed E-state index contributed by atoms with van der Waals surface area (Å²) < 4.78 is 11.1. The van der Waals surface area contributed by atoms with Gasteiger partial charge < -0.3 is 24.6 Å². The average molecular weight is 347 g/mol. The molecule has 3 amide bonds. The molecule has 1 aromatic carbocycles. The van der Waals surface area contributed by atoms with E-state index in [1.54, 1.807) is 16.7 Å². The summed E-state index contributed by atoms with van der Waals surface area (Å²) in [6.07, 6.45) is 0.797. The molecular formula is C18H25N3O4. The van der Waals surface area contributed by atoms with Crippen LogP contribution in [0.15, 0.2) is 18.2 Å². The molecule has 0 unspecified atom stereocenters. The second-order valence-electron chi connectivity index (χ2n) is 6.42. The number of rotatable bonds is 2. The number of hydrogen-bond donors (Lipinski definition) is 1. The topological polar surface area (TPSA) is 71.1 Å². The highest BCUT2D eigenvalue weighted by Gasteiger charge is 2.22. The van der Waals surface area contributed by atoms with Crippen LogP contribution in [0.25, 0.3) is 0 Å². The van der Waals surface area contributed by atoms with E-state index < -0.39 is 0 Å². The Labute approximate surface area is 147 Å². The van der Waals surface area contributed by atoms with Crippen LogP contribution in [0.2, 0.25) is 0 Å². The molecule has 2 heterocycles. The minimum atomic E-state index is -0.143. The molecule has 1 saturated heterocycles. The summed E-state index contributed by atoms with van der Waals surface area (Å²) >= 11 is 0. The predicted molar refractivity (Wildman–Crippen MR) is 92.8 cm³/mol. The average Bonchev–Trinajstić information content (AvgIpc) is 2.87. The quantitative estimate of drug-likeness (QED) is 0.885. The summed E-state index contributed by atoms with van der Waals surface area (Å²) in [4.78, 5) is 27.6. The Kier molecular flexibility index (Phi) is 5.31. The first-order valence-electron chi connectivity index (χ1n) is 8.75. The van der Waals surface area contributed by atoms with Gasteiger partial charge in [-0.15, -0.1) is 0 Å². The monoisotopic (exact) mass is 347 g/mol. The van der Waals surface area contributed by atoms with E-state index in [9.17, 15) is 9.59 Å². The van der Waals surface area contributed by atoms with Crippen LogP contribution in [0.5, 0.6) is 11.5 Å². The van der Waals surface area contributed by atoms with Gasteiger partial charge in [-0.3, -0.25) is 4.79 Å². The molecule has 0 saturated carbocycles. The van der Waals surface area contributed by atoms with Gasteiger partial charge >= 0.3 is 6.03 Å². The second-order valence-corrected chi connectivity index (χ2v) is 6.42. The summed E-state index contributed by atoms with van der Waals surface area (Å²) in [6.45, 7) is 7.12. The normalized spacial score (nSPS) is 18.3. The molecular weight excluding hydrogens is 322 g/mol. The fourth-order valence-electron chi connectivity index (χ4n) is 3.12. The molecule has 0 aromatic heterocycles. The van der Waals surface area contributed by atoms with Gasteiger partial charge in [0.2, 0.25) is 5.91 Å². The number of benzene rings is 1. The van der Waals surface area contributed by atoms with Crippen molar-refractivity contribution < 1.29 is 19.1 Å². The van der Waals surface area contributed by atoms with E-state index in [4.69, 9.17) is 9.47 Å². The molecule has 136 valence electrons. The molecule has 2 aliphatic heterocycles. The molecule has 3 rings (SSSR count). The van der Waals surface area contributed by atoms with Crippen LogP contribution < -0.4 is 14.8 Å². The van der Waals surface area contributed by atoms with Gasteiger partial charge in [-0.2, -0.15) is 0 Å². The number of fused-ring (bicyclic) bond motifs is 1.